The van der Waals surface area contributed by atoms with E-state index >= 15 is 0 Å². The molecule has 2 N–H and O–H groups in total. The summed E-state index contributed by atoms with van der Waals surface area (Å²) >= 11 is 0. The quantitative estimate of drug-likeness (QED) is 0.861. The SMILES string of the molecule is CC(C#N)S(=O)(=O)N1CCC(n2ccc(N)n2)CC1. The molecular formula is C11H17N5O2S. The van der Waals surface area contributed by atoms with Crippen molar-refractivity contribution in [1.29, 1.82) is 5.26 Å². The fourth-order valence-corrected chi connectivity index (χ4v) is 3.51. The predicted molar refractivity (Wildman–Crippen MR) is 70.5 cm³/mol. The zero-order valence-electron chi connectivity index (χ0n) is 10.7. The molecule has 1 fully saturated rings. The number of nitrogens with two attached hydrogens (primary N) is 1. The molecule has 1 saturated heterocycles. The molecule has 1 aliphatic heterocycles. The summed E-state index contributed by atoms with van der Waals surface area (Å²) in [7, 11) is -3.49. The molecule has 7 nitrogen and oxygen atoms in total. The zero-order valence-corrected chi connectivity index (χ0v) is 11.5. The number of sulfonamides is 1. The lowest BCUT2D eigenvalue weighted by atomic mass is 10.1. The minimum Gasteiger partial charge on any atom is -0.382 e. The third-order valence-electron chi connectivity index (χ3n) is 3.42. The first-order valence-electron chi connectivity index (χ1n) is 6.14. The van der Waals surface area contributed by atoms with Crippen molar-refractivity contribution in [2.24, 2.45) is 0 Å². The van der Waals surface area contributed by atoms with E-state index in [4.69, 9.17) is 11.0 Å². The van der Waals surface area contributed by atoms with Gasteiger partial charge in [-0.1, -0.05) is 0 Å². The fourth-order valence-electron chi connectivity index (χ4n) is 2.21. The summed E-state index contributed by atoms with van der Waals surface area (Å²) in [6.45, 7) is 2.24. The molecule has 0 aliphatic carbocycles. The van der Waals surface area contributed by atoms with Gasteiger partial charge >= 0.3 is 0 Å². The smallest absolute Gasteiger partial charge is 0.230 e. The van der Waals surface area contributed by atoms with Crippen molar-refractivity contribution in [3.8, 4) is 6.07 Å². The Bertz CT molecular complexity index is 580. The molecule has 104 valence electrons. The van der Waals surface area contributed by atoms with Crippen LogP contribution < -0.4 is 5.73 Å². The van der Waals surface area contributed by atoms with Gasteiger partial charge in [0.2, 0.25) is 10.0 Å². The standard InChI is InChI=1S/C11H17N5O2S/c1-9(8-12)19(17,18)15-5-2-10(3-6-15)16-7-4-11(13)14-16/h4,7,9-10H,2-3,5-6H2,1H3,(H2,13,14). The Morgan fingerprint density at radius 1 is 1.53 bits per heavy atom. The number of hydrogen-bond acceptors (Lipinski definition) is 5. The molecule has 0 saturated carbocycles. The molecule has 1 aromatic heterocycles. The highest BCUT2D eigenvalue weighted by Crippen LogP contribution is 2.25. The van der Waals surface area contributed by atoms with E-state index in [1.165, 1.54) is 11.2 Å². The molecule has 1 unspecified atom stereocenters. The van der Waals surface area contributed by atoms with Crippen molar-refractivity contribution in [3.63, 3.8) is 0 Å². The number of hydrogen-bond donors (Lipinski definition) is 1. The van der Waals surface area contributed by atoms with Crippen LogP contribution in [0, 0.1) is 11.3 Å². The van der Waals surface area contributed by atoms with E-state index in [1.807, 2.05) is 6.20 Å². The lowest BCUT2D eigenvalue weighted by molar-refractivity contribution is 0.261. The van der Waals surface area contributed by atoms with Crippen molar-refractivity contribution >= 4 is 15.8 Å². The van der Waals surface area contributed by atoms with Gasteiger partial charge in [-0.05, 0) is 25.8 Å². The maximum atomic E-state index is 12.0. The Morgan fingerprint density at radius 3 is 2.63 bits per heavy atom. The van der Waals surface area contributed by atoms with Gasteiger partial charge in [-0.3, -0.25) is 4.68 Å². The molecule has 0 spiro atoms. The predicted octanol–water partition coefficient (Wildman–Crippen LogP) is 0.344. The van der Waals surface area contributed by atoms with Gasteiger partial charge in [-0.2, -0.15) is 10.4 Å². The Labute approximate surface area is 112 Å². The number of nitriles is 1. The van der Waals surface area contributed by atoms with Gasteiger partial charge in [0.05, 0.1) is 12.1 Å². The first kappa shape index (κ1) is 13.8. The molecule has 0 amide bonds. The summed E-state index contributed by atoms with van der Waals surface area (Å²) in [6, 6.07) is 3.68. The second-order valence-corrected chi connectivity index (χ2v) is 6.92. The van der Waals surface area contributed by atoms with Crippen LogP contribution >= 0.6 is 0 Å². The second-order valence-electron chi connectivity index (χ2n) is 4.67. The van der Waals surface area contributed by atoms with E-state index in [0.29, 0.717) is 31.7 Å². The summed E-state index contributed by atoms with van der Waals surface area (Å²) in [6.07, 6.45) is 3.17. The molecule has 2 heterocycles. The molecule has 1 aliphatic rings. The van der Waals surface area contributed by atoms with Crippen molar-refractivity contribution < 1.29 is 8.42 Å². The van der Waals surface area contributed by atoms with E-state index in [9.17, 15) is 8.42 Å². The van der Waals surface area contributed by atoms with Crippen LogP contribution in [0.3, 0.4) is 0 Å². The molecule has 19 heavy (non-hydrogen) atoms. The number of anilines is 1. The summed E-state index contributed by atoms with van der Waals surface area (Å²) in [4.78, 5) is 0. The van der Waals surface area contributed by atoms with Gasteiger partial charge in [-0.15, -0.1) is 0 Å². The van der Waals surface area contributed by atoms with Crippen molar-refractivity contribution in [2.45, 2.75) is 31.1 Å². The first-order chi connectivity index (χ1) is 8.95. The zero-order chi connectivity index (χ0) is 14.0. The normalized spacial score (nSPS) is 20.0. The fraction of sp³-hybridized carbons (Fsp3) is 0.636. The highest BCUT2D eigenvalue weighted by molar-refractivity contribution is 7.89. The molecule has 2 rings (SSSR count). The van der Waals surface area contributed by atoms with Crippen LogP contribution in [0.25, 0.3) is 0 Å². The van der Waals surface area contributed by atoms with Crippen molar-refractivity contribution in [1.82, 2.24) is 14.1 Å². The molecule has 1 aromatic rings. The summed E-state index contributed by atoms with van der Waals surface area (Å²) < 4.78 is 27.2. The van der Waals surface area contributed by atoms with Gasteiger partial charge in [0.1, 0.15) is 5.82 Å². The Kier molecular flexibility index (Phi) is 3.78. The van der Waals surface area contributed by atoms with Crippen LogP contribution in [-0.2, 0) is 10.0 Å². The van der Waals surface area contributed by atoms with Gasteiger partial charge in [-0.25, -0.2) is 12.7 Å². The maximum Gasteiger partial charge on any atom is 0.230 e. The first-order valence-corrected chi connectivity index (χ1v) is 7.64. The van der Waals surface area contributed by atoms with Gasteiger partial charge in [0.25, 0.3) is 0 Å². The molecule has 0 aromatic carbocycles. The lowest BCUT2D eigenvalue weighted by Gasteiger charge is -2.31. The second kappa shape index (κ2) is 5.19. The average molecular weight is 283 g/mol. The minimum absolute atomic E-state index is 0.168. The molecule has 0 bridgehead atoms. The summed E-state index contributed by atoms with van der Waals surface area (Å²) in [5, 5.41) is 11.9. The number of rotatable bonds is 3. The largest absolute Gasteiger partial charge is 0.382 e. The van der Waals surface area contributed by atoms with Crippen molar-refractivity contribution in [2.75, 3.05) is 18.8 Å². The van der Waals surface area contributed by atoms with E-state index in [2.05, 4.69) is 5.10 Å². The number of aromatic nitrogens is 2. The third kappa shape index (κ3) is 2.72. The molecular weight excluding hydrogens is 266 g/mol. The van der Waals surface area contributed by atoms with Gasteiger partial charge < -0.3 is 5.73 Å². The van der Waals surface area contributed by atoms with E-state index in [0.717, 1.165) is 0 Å². The van der Waals surface area contributed by atoms with Gasteiger partial charge in [0, 0.05) is 19.3 Å². The lowest BCUT2D eigenvalue weighted by Crippen LogP contribution is -2.42. The van der Waals surface area contributed by atoms with Crippen molar-refractivity contribution in [3.05, 3.63) is 12.3 Å². The Hall–Kier alpha value is -1.59. The van der Waals surface area contributed by atoms with Crippen LogP contribution in [0.15, 0.2) is 12.3 Å². The topological polar surface area (TPSA) is 105 Å². The number of piperidine rings is 1. The van der Waals surface area contributed by atoms with Crippen LogP contribution in [0.5, 0.6) is 0 Å². The summed E-state index contributed by atoms with van der Waals surface area (Å²) in [5.74, 6) is 0.466. The number of nitrogen functional groups attached to an aromatic ring is 1. The summed E-state index contributed by atoms with van der Waals surface area (Å²) in [5.41, 5.74) is 5.57. The van der Waals surface area contributed by atoms with E-state index in [1.54, 1.807) is 16.8 Å². The number of nitrogens with zero attached hydrogens (tertiary/aromatic N) is 4. The van der Waals surface area contributed by atoms with Crippen LogP contribution in [0.2, 0.25) is 0 Å². The van der Waals surface area contributed by atoms with Crippen LogP contribution in [-0.4, -0.2) is 40.8 Å². The van der Waals surface area contributed by atoms with E-state index < -0.39 is 15.3 Å². The molecule has 8 heteroatoms. The Morgan fingerprint density at radius 2 is 2.16 bits per heavy atom. The monoisotopic (exact) mass is 283 g/mol. The van der Waals surface area contributed by atoms with Gasteiger partial charge in [0.15, 0.2) is 5.25 Å². The highest BCUT2D eigenvalue weighted by Gasteiger charge is 2.32. The maximum absolute atomic E-state index is 12.0. The third-order valence-corrected chi connectivity index (χ3v) is 5.50. The average Bonchev–Trinajstić information content (AvgIpc) is 2.84. The molecule has 0 radical (unpaired) electrons. The Balaban J connectivity index is 2.02. The molecule has 1 atom stereocenters. The van der Waals surface area contributed by atoms with Crippen LogP contribution in [0.4, 0.5) is 5.82 Å². The highest BCUT2D eigenvalue weighted by atomic mass is 32.2. The minimum atomic E-state index is -3.49. The van der Waals surface area contributed by atoms with E-state index in [-0.39, 0.29) is 6.04 Å². The van der Waals surface area contributed by atoms with Crippen LogP contribution in [0.1, 0.15) is 25.8 Å².